The monoisotopic (exact) mass is 339 g/mol. The van der Waals surface area contributed by atoms with E-state index in [0.717, 1.165) is 5.56 Å². The second-order valence-corrected chi connectivity index (χ2v) is 6.25. The number of benzene rings is 1. The lowest BCUT2D eigenvalue weighted by Gasteiger charge is -2.39. The topological polar surface area (TPSA) is 75.4 Å². The fraction of sp³-hybridized carbons (Fsp3) is 0.316. The smallest absolute Gasteiger partial charge is 0.330 e. The number of amides is 1. The quantitative estimate of drug-likeness (QED) is 0.868. The van der Waals surface area contributed by atoms with Crippen molar-refractivity contribution in [3.05, 3.63) is 60.2 Å². The van der Waals surface area contributed by atoms with Crippen molar-refractivity contribution in [3.8, 4) is 0 Å². The van der Waals surface area contributed by atoms with Crippen LogP contribution in [0.2, 0.25) is 0 Å². The molecule has 1 N–H and O–H groups in total. The minimum atomic E-state index is -1.03. The van der Waals surface area contributed by atoms with Gasteiger partial charge in [-0.2, -0.15) is 0 Å². The van der Waals surface area contributed by atoms with Gasteiger partial charge in [-0.1, -0.05) is 30.3 Å². The van der Waals surface area contributed by atoms with Crippen molar-refractivity contribution in [1.82, 2.24) is 14.5 Å². The van der Waals surface area contributed by atoms with Crippen LogP contribution in [0.3, 0.4) is 0 Å². The summed E-state index contributed by atoms with van der Waals surface area (Å²) in [4.78, 5) is 30.2. The number of hydrogen-bond acceptors (Lipinski definition) is 3. The minimum absolute atomic E-state index is 0.0924. The van der Waals surface area contributed by atoms with Crippen LogP contribution in [0.4, 0.5) is 0 Å². The molecule has 0 unspecified atom stereocenters. The summed E-state index contributed by atoms with van der Waals surface area (Å²) in [5, 5.41) is 9.80. The van der Waals surface area contributed by atoms with E-state index in [1.165, 1.54) is 0 Å². The van der Waals surface area contributed by atoms with Crippen molar-refractivity contribution in [2.45, 2.75) is 25.3 Å². The van der Waals surface area contributed by atoms with Crippen LogP contribution >= 0.6 is 0 Å². The second kappa shape index (κ2) is 6.93. The SMILES string of the molecule is Cc1nccn1C1(C(=O)O)CCN(C(=O)C=Cc2ccccc2)CC1. The van der Waals surface area contributed by atoms with Crippen LogP contribution < -0.4 is 0 Å². The summed E-state index contributed by atoms with van der Waals surface area (Å²) in [6.07, 6.45) is 7.37. The number of carbonyl (C=O) groups excluding carboxylic acids is 1. The van der Waals surface area contributed by atoms with Crippen LogP contribution in [0.1, 0.15) is 24.2 Å². The zero-order valence-corrected chi connectivity index (χ0v) is 14.1. The lowest BCUT2D eigenvalue weighted by Crippen LogP contribution is -2.52. The number of likely N-dealkylation sites (tertiary alicyclic amines) is 1. The number of imidazole rings is 1. The van der Waals surface area contributed by atoms with E-state index in [9.17, 15) is 14.7 Å². The molecule has 0 spiro atoms. The molecule has 1 aromatic carbocycles. The standard InChI is InChI=1S/C19H21N3O3/c1-15-20-11-14-22(15)19(18(24)25)9-12-21(13-10-19)17(23)8-7-16-5-3-2-4-6-16/h2-8,11,14H,9-10,12-13H2,1H3,(H,24,25). The Morgan fingerprint density at radius 3 is 2.44 bits per heavy atom. The highest BCUT2D eigenvalue weighted by Gasteiger charge is 2.44. The van der Waals surface area contributed by atoms with E-state index in [1.807, 2.05) is 30.3 Å². The molecule has 1 amide bonds. The van der Waals surface area contributed by atoms with Gasteiger partial charge < -0.3 is 14.6 Å². The molecule has 0 radical (unpaired) electrons. The molecule has 6 heteroatoms. The van der Waals surface area contributed by atoms with Gasteiger partial charge in [0.1, 0.15) is 11.4 Å². The Balaban J connectivity index is 1.70. The van der Waals surface area contributed by atoms with Gasteiger partial charge in [-0.3, -0.25) is 4.79 Å². The number of aliphatic carboxylic acids is 1. The molecule has 1 fully saturated rings. The molecule has 0 aliphatic carbocycles. The Morgan fingerprint density at radius 2 is 1.88 bits per heavy atom. The Labute approximate surface area is 146 Å². The van der Waals surface area contributed by atoms with Crippen molar-refractivity contribution in [2.24, 2.45) is 0 Å². The third-order valence-corrected chi connectivity index (χ3v) is 4.81. The number of nitrogens with zero attached hydrogens (tertiary/aromatic N) is 3. The number of aryl methyl sites for hydroxylation is 1. The number of piperidine rings is 1. The summed E-state index contributed by atoms with van der Waals surface area (Å²) in [5.41, 5.74) is -0.0673. The fourth-order valence-electron chi connectivity index (χ4n) is 3.32. The highest BCUT2D eigenvalue weighted by atomic mass is 16.4. The van der Waals surface area contributed by atoms with Crippen LogP contribution in [-0.4, -0.2) is 44.5 Å². The summed E-state index contributed by atoms with van der Waals surface area (Å²) < 4.78 is 1.72. The van der Waals surface area contributed by atoms with Gasteiger partial charge in [0.15, 0.2) is 0 Å². The van der Waals surface area contributed by atoms with Crippen molar-refractivity contribution in [1.29, 1.82) is 0 Å². The second-order valence-electron chi connectivity index (χ2n) is 6.25. The summed E-state index contributed by atoms with van der Waals surface area (Å²) in [5.74, 6) is -0.295. The number of aromatic nitrogens is 2. The van der Waals surface area contributed by atoms with Crippen LogP contribution in [0, 0.1) is 6.92 Å². The third kappa shape index (κ3) is 3.33. The first kappa shape index (κ1) is 17.0. The van der Waals surface area contributed by atoms with Crippen LogP contribution in [0.15, 0.2) is 48.8 Å². The van der Waals surface area contributed by atoms with E-state index >= 15 is 0 Å². The molecular weight excluding hydrogens is 318 g/mol. The first-order valence-corrected chi connectivity index (χ1v) is 8.29. The van der Waals surface area contributed by atoms with Gasteiger partial charge in [0.05, 0.1) is 0 Å². The molecule has 1 aliphatic rings. The Morgan fingerprint density at radius 1 is 1.20 bits per heavy atom. The molecule has 1 saturated heterocycles. The van der Waals surface area contributed by atoms with Gasteiger partial charge in [-0.05, 0) is 31.4 Å². The molecule has 3 rings (SSSR count). The number of carboxylic acids is 1. The normalized spacial score (nSPS) is 16.9. The molecule has 2 aromatic rings. The predicted molar refractivity (Wildman–Crippen MR) is 93.9 cm³/mol. The number of hydrogen-bond donors (Lipinski definition) is 1. The van der Waals surface area contributed by atoms with Gasteiger partial charge in [0, 0.05) is 31.6 Å². The van der Waals surface area contributed by atoms with Crippen LogP contribution in [-0.2, 0) is 15.1 Å². The van der Waals surface area contributed by atoms with Crippen LogP contribution in [0.25, 0.3) is 6.08 Å². The van der Waals surface area contributed by atoms with E-state index in [1.54, 1.807) is 40.9 Å². The maximum Gasteiger partial charge on any atom is 0.330 e. The third-order valence-electron chi connectivity index (χ3n) is 4.81. The van der Waals surface area contributed by atoms with Crippen molar-refractivity contribution >= 4 is 18.0 Å². The lowest BCUT2D eigenvalue weighted by atomic mass is 9.87. The molecule has 130 valence electrons. The maximum atomic E-state index is 12.4. The first-order chi connectivity index (χ1) is 12.0. The Kier molecular flexibility index (Phi) is 4.70. The molecule has 0 saturated carbocycles. The largest absolute Gasteiger partial charge is 0.479 e. The molecule has 0 bridgehead atoms. The molecule has 2 heterocycles. The number of rotatable bonds is 4. The van der Waals surface area contributed by atoms with Gasteiger partial charge in [0.2, 0.25) is 5.91 Å². The van der Waals surface area contributed by atoms with E-state index in [4.69, 9.17) is 0 Å². The van der Waals surface area contributed by atoms with Crippen molar-refractivity contribution in [2.75, 3.05) is 13.1 Å². The van der Waals surface area contributed by atoms with Gasteiger partial charge >= 0.3 is 5.97 Å². The number of carbonyl (C=O) groups is 2. The summed E-state index contributed by atoms with van der Waals surface area (Å²) in [6.45, 7) is 2.61. The maximum absolute atomic E-state index is 12.4. The first-order valence-electron chi connectivity index (χ1n) is 8.29. The van der Waals surface area contributed by atoms with Crippen molar-refractivity contribution in [3.63, 3.8) is 0 Å². The van der Waals surface area contributed by atoms with Crippen molar-refractivity contribution < 1.29 is 14.7 Å². The molecule has 0 atom stereocenters. The van der Waals surface area contributed by atoms with E-state index in [2.05, 4.69) is 4.98 Å². The average Bonchev–Trinajstić information content (AvgIpc) is 3.07. The average molecular weight is 339 g/mol. The highest BCUT2D eigenvalue weighted by Crippen LogP contribution is 2.32. The molecular formula is C19H21N3O3. The summed E-state index contributed by atoms with van der Waals surface area (Å²) in [6, 6.07) is 9.61. The van der Waals surface area contributed by atoms with Gasteiger partial charge in [-0.15, -0.1) is 0 Å². The summed E-state index contributed by atoms with van der Waals surface area (Å²) >= 11 is 0. The summed E-state index contributed by atoms with van der Waals surface area (Å²) in [7, 11) is 0. The van der Waals surface area contributed by atoms with E-state index < -0.39 is 11.5 Å². The minimum Gasteiger partial charge on any atom is -0.479 e. The molecule has 6 nitrogen and oxygen atoms in total. The number of carboxylic acid groups (broad SMARTS) is 1. The predicted octanol–water partition coefficient (Wildman–Crippen LogP) is 2.31. The fourth-order valence-corrected chi connectivity index (χ4v) is 3.32. The lowest BCUT2D eigenvalue weighted by molar-refractivity contribution is -0.152. The highest BCUT2D eigenvalue weighted by molar-refractivity contribution is 5.92. The molecule has 25 heavy (non-hydrogen) atoms. The van der Waals surface area contributed by atoms with Gasteiger partial charge in [-0.25, -0.2) is 9.78 Å². The molecule has 1 aromatic heterocycles. The Hall–Kier alpha value is -2.89. The molecule has 1 aliphatic heterocycles. The van der Waals surface area contributed by atoms with E-state index in [0.29, 0.717) is 31.8 Å². The van der Waals surface area contributed by atoms with E-state index in [-0.39, 0.29) is 5.91 Å². The Bertz CT molecular complexity index is 787. The zero-order valence-electron chi connectivity index (χ0n) is 14.1. The van der Waals surface area contributed by atoms with Crippen LogP contribution in [0.5, 0.6) is 0 Å². The zero-order chi connectivity index (χ0) is 17.9. The van der Waals surface area contributed by atoms with Gasteiger partial charge in [0.25, 0.3) is 0 Å².